The largest absolute Gasteiger partial charge is 0.316 e. The summed E-state index contributed by atoms with van der Waals surface area (Å²) in [7, 11) is 0. The fourth-order valence-electron chi connectivity index (χ4n) is 3.58. The second-order valence-electron chi connectivity index (χ2n) is 6.31. The van der Waals surface area contributed by atoms with Gasteiger partial charge in [-0.05, 0) is 60.6 Å². The quantitative estimate of drug-likeness (QED) is 0.566. The van der Waals surface area contributed by atoms with Crippen LogP contribution in [0.2, 0.25) is 0 Å². The Morgan fingerprint density at radius 3 is 2.81 bits per heavy atom. The zero-order chi connectivity index (χ0) is 15.1. The summed E-state index contributed by atoms with van der Waals surface area (Å²) >= 11 is 3.75. The summed E-state index contributed by atoms with van der Waals surface area (Å²) < 4.78 is 3.45. The Balaban J connectivity index is 2.17. The molecule has 0 bridgehead atoms. The van der Waals surface area contributed by atoms with E-state index in [-0.39, 0.29) is 0 Å². The van der Waals surface area contributed by atoms with E-state index in [1.807, 2.05) is 6.20 Å². The topological polar surface area (TPSA) is 29.9 Å². The van der Waals surface area contributed by atoms with Crippen molar-refractivity contribution in [3.05, 3.63) is 16.4 Å². The van der Waals surface area contributed by atoms with Gasteiger partial charge >= 0.3 is 0 Å². The van der Waals surface area contributed by atoms with E-state index >= 15 is 0 Å². The Kier molecular flexibility index (Phi) is 7.24. The molecule has 0 amide bonds. The number of rotatable bonds is 7. The summed E-state index contributed by atoms with van der Waals surface area (Å²) in [6.45, 7) is 7.80. The number of hydrogen-bond donors (Lipinski definition) is 1. The van der Waals surface area contributed by atoms with Crippen LogP contribution >= 0.6 is 15.9 Å². The van der Waals surface area contributed by atoms with Crippen LogP contribution in [-0.2, 0) is 6.54 Å². The van der Waals surface area contributed by atoms with Crippen molar-refractivity contribution in [3.63, 3.8) is 0 Å². The summed E-state index contributed by atoms with van der Waals surface area (Å²) in [5.41, 5.74) is 1.45. The zero-order valence-electron chi connectivity index (χ0n) is 13.6. The molecule has 4 heteroatoms. The van der Waals surface area contributed by atoms with Crippen LogP contribution in [0.3, 0.4) is 0 Å². The molecule has 0 aliphatic heterocycles. The van der Waals surface area contributed by atoms with Crippen molar-refractivity contribution in [3.8, 4) is 0 Å². The van der Waals surface area contributed by atoms with Gasteiger partial charge in [-0.3, -0.25) is 4.68 Å². The molecule has 3 nitrogen and oxygen atoms in total. The van der Waals surface area contributed by atoms with Gasteiger partial charge in [0.1, 0.15) is 0 Å². The third-order valence-corrected chi connectivity index (χ3v) is 5.22. The number of aromatic nitrogens is 2. The van der Waals surface area contributed by atoms with Crippen molar-refractivity contribution in [2.24, 2.45) is 5.92 Å². The predicted molar refractivity (Wildman–Crippen MR) is 92.7 cm³/mol. The average Bonchev–Trinajstić information content (AvgIpc) is 2.70. The summed E-state index contributed by atoms with van der Waals surface area (Å²) in [5.74, 6) is 1.41. The van der Waals surface area contributed by atoms with Gasteiger partial charge < -0.3 is 5.32 Å². The van der Waals surface area contributed by atoms with Gasteiger partial charge in [0, 0.05) is 12.5 Å². The molecule has 2 unspecified atom stereocenters. The van der Waals surface area contributed by atoms with E-state index in [1.54, 1.807) is 0 Å². The van der Waals surface area contributed by atoms with Gasteiger partial charge in [0.05, 0.1) is 16.4 Å². The van der Waals surface area contributed by atoms with E-state index in [0.717, 1.165) is 32.0 Å². The van der Waals surface area contributed by atoms with E-state index in [4.69, 9.17) is 0 Å². The molecular weight excluding hydrogens is 326 g/mol. The number of halogens is 1. The van der Waals surface area contributed by atoms with Crippen LogP contribution in [0.15, 0.2) is 10.7 Å². The molecule has 0 aromatic carbocycles. The highest BCUT2D eigenvalue weighted by Gasteiger charge is 2.29. The van der Waals surface area contributed by atoms with Gasteiger partial charge in [-0.1, -0.05) is 33.1 Å². The molecule has 1 aliphatic carbocycles. The highest BCUT2D eigenvalue weighted by atomic mass is 79.9. The third-order valence-electron chi connectivity index (χ3n) is 4.61. The Morgan fingerprint density at radius 1 is 1.24 bits per heavy atom. The number of nitrogens with zero attached hydrogens (tertiary/aromatic N) is 2. The Hall–Kier alpha value is -0.350. The fourth-order valence-corrected chi connectivity index (χ4v) is 4.17. The molecule has 1 fully saturated rings. The van der Waals surface area contributed by atoms with E-state index in [2.05, 4.69) is 44.9 Å². The maximum atomic E-state index is 4.59. The maximum absolute atomic E-state index is 4.59. The van der Waals surface area contributed by atoms with Crippen molar-refractivity contribution in [2.45, 2.75) is 71.3 Å². The van der Waals surface area contributed by atoms with Crippen molar-refractivity contribution in [1.29, 1.82) is 0 Å². The molecule has 1 aromatic heterocycles. The van der Waals surface area contributed by atoms with Crippen LogP contribution in [-0.4, -0.2) is 22.9 Å². The molecule has 1 aromatic rings. The first kappa shape index (κ1) is 17.0. The van der Waals surface area contributed by atoms with E-state index < -0.39 is 0 Å². The van der Waals surface area contributed by atoms with Gasteiger partial charge in [-0.15, -0.1) is 0 Å². The molecule has 1 aliphatic rings. The van der Waals surface area contributed by atoms with Crippen molar-refractivity contribution < 1.29 is 0 Å². The lowest BCUT2D eigenvalue weighted by Crippen LogP contribution is -2.28. The molecular formula is C17H30BrN3. The smallest absolute Gasteiger partial charge is 0.0635 e. The summed E-state index contributed by atoms with van der Waals surface area (Å²) in [4.78, 5) is 0. The Morgan fingerprint density at radius 2 is 2.05 bits per heavy atom. The number of hydrogen-bond acceptors (Lipinski definition) is 2. The minimum atomic E-state index is 0.653. The molecule has 1 N–H and O–H groups in total. The number of nitrogens with one attached hydrogen (secondary N) is 1. The lowest BCUT2D eigenvalue weighted by molar-refractivity contribution is 0.355. The first-order valence-corrected chi connectivity index (χ1v) is 9.49. The molecule has 1 heterocycles. The van der Waals surface area contributed by atoms with E-state index in [0.29, 0.717) is 5.92 Å². The van der Waals surface area contributed by atoms with Crippen LogP contribution in [0, 0.1) is 5.92 Å². The number of aryl methyl sites for hydroxylation is 1. The lowest BCUT2D eigenvalue weighted by Gasteiger charge is -2.27. The van der Waals surface area contributed by atoms with E-state index in [9.17, 15) is 0 Å². The van der Waals surface area contributed by atoms with Crippen LogP contribution in [0.5, 0.6) is 0 Å². The normalized spacial score (nSPS) is 23.2. The average molecular weight is 356 g/mol. The molecule has 1 saturated carbocycles. The molecule has 0 saturated heterocycles. The Labute approximate surface area is 138 Å². The zero-order valence-corrected chi connectivity index (χ0v) is 15.2. The van der Waals surface area contributed by atoms with Gasteiger partial charge in [-0.25, -0.2) is 0 Å². The summed E-state index contributed by atoms with van der Waals surface area (Å²) in [6.07, 6.45) is 11.2. The van der Waals surface area contributed by atoms with Crippen LogP contribution in [0.4, 0.5) is 0 Å². The maximum Gasteiger partial charge on any atom is 0.0635 e. The van der Waals surface area contributed by atoms with E-state index in [1.165, 1.54) is 48.7 Å². The first-order chi connectivity index (χ1) is 10.3. The van der Waals surface area contributed by atoms with Crippen LogP contribution < -0.4 is 5.32 Å². The SMILES string of the molecule is CCCNCC1CCCCCC1c1c(Br)cnn1CCC. The molecule has 0 spiro atoms. The summed E-state index contributed by atoms with van der Waals surface area (Å²) in [6, 6.07) is 0. The van der Waals surface area contributed by atoms with Crippen LogP contribution in [0.1, 0.15) is 70.4 Å². The third kappa shape index (κ3) is 4.56. The molecule has 0 radical (unpaired) electrons. The molecule has 21 heavy (non-hydrogen) atoms. The van der Waals surface area contributed by atoms with Gasteiger partial charge in [0.15, 0.2) is 0 Å². The van der Waals surface area contributed by atoms with Gasteiger partial charge in [0.25, 0.3) is 0 Å². The minimum Gasteiger partial charge on any atom is -0.316 e. The van der Waals surface area contributed by atoms with Gasteiger partial charge in [-0.2, -0.15) is 5.10 Å². The Bertz CT molecular complexity index is 416. The van der Waals surface area contributed by atoms with Crippen molar-refractivity contribution in [1.82, 2.24) is 15.1 Å². The monoisotopic (exact) mass is 355 g/mol. The second-order valence-corrected chi connectivity index (χ2v) is 7.16. The van der Waals surface area contributed by atoms with Crippen molar-refractivity contribution >= 4 is 15.9 Å². The molecule has 120 valence electrons. The summed E-state index contributed by atoms with van der Waals surface area (Å²) in [5, 5.41) is 8.24. The van der Waals surface area contributed by atoms with Gasteiger partial charge in [0.2, 0.25) is 0 Å². The lowest BCUT2D eigenvalue weighted by atomic mass is 9.85. The minimum absolute atomic E-state index is 0.653. The highest BCUT2D eigenvalue weighted by molar-refractivity contribution is 9.10. The second kappa shape index (κ2) is 8.94. The van der Waals surface area contributed by atoms with Crippen molar-refractivity contribution in [2.75, 3.05) is 13.1 Å². The molecule has 2 rings (SSSR count). The fraction of sp³-hybridized carbons (Fsp3) is 0.824. The molecule has 2 atom stereocenters. The first-order valence-electron chi connectivity index (χ1n) is 8.69. The predicted octanol–water partition coefficient (Wildman–Crippen LogP) is 4.72. The standard InChI is InChI=1S/C17H30BrN3/c1-3-10-19-12-14-8-6-5-7-9-15(14)17-16(18)13-20-21(17)11-4-2/h13-15,19H,3-12H2,1-2H3. The van der Waals surface area contributed by atoms with Crippen LogP contribution in [0.25, 0.3) is 0 Å². The highest BCUT2D eigenvalue weighted by Crippen LogP contribution is 2.39.